The molecule has 0 saturated carbocycles. The molecule has 4 atom stereocenters. The smallest absolute Gasteiger partial charge is 0.416 e. The molecular weight excluding hydrogens is 448 g/mol. The van der Waals surface area contributed by atoms with Crippen LogP contribution in [0.25, 0.3) is 0 Å². The summed E-state index contributed by atoms with van der Waals surface area (Å²) in [6.07, 6.45) is 2.78. The molecule has 1 aromatic heterocycles. The fourth-order valence-corrected chi connectivity index (χ4v) is 4.35. The van der Waals surface area contributed by atoms with Gasteiger partial charge in [-0.15, -0.1) is 0 Å². The third kappa shape index (κ3) is 6.41. The minimum Gasteiger partial charge on any atom is -0.488 e. The van der Waals surface area contributed by atoms with Crippen LogP contribution in [0.15, 0.2) is 36.5 Å². The summed E-state index contributed by atoms with van der Waals surface area (Å²) in [6.45, 7) is 11.7. The Morgan fingerprint density at radius 3 is 2.80 bits per heavy atom. The van der Waals surface area contributed by atoms with Crippen molar-refractivity contribution in [1.29, 1.82) is 0 Å². The largest absolute Gasteiger partial charge is 0.488 e. The van der Waals surface area contributed by atoms with Gasteiger partial charge in [-0.3, -0.25) is 4.90 Å². The fraction of sp³-hybridized carbons (Fsp3) is 0.577. The summed E-state index contributed by atoms with van der Waals surface area (Å²) in [6, 6.07) is 9.35. The van der Waals surface area contributed by atoms with Crippen LogP contribution in [0, 0.1) is 0 Å². The Kier molecular flexibility index (Phi) is 7.76. The molecule has 0 radical (unpaired) electrons. The Morgan fingerprint density at radius 1 is 1.26 bits per heavy atom. The summed E-state index contributed by atoms with van der Waals surface area (Å²) < 4.78 is 23.1. The number of nitrogens with zero attached hydrogens (tertiary/aromatic N) is 3. The van der Waals surface area contributed by atoms with Gasteiger partial charge in [0.2, 0.25) is 5.95 Å². The molecule has 2 fully saturated rings. The third-order valence-electron chi connectivity index (χ3n) is 6.02. The minimum atomic E-state index is -0.426. The summed E-state index contributed by atoms with van der Waals surface area (Å²) in [4.78, 5) is 23.2. The maximum Gasteiger partial charge on any atom is 0.416 e. The number of ether oxygens (including phenoxy) is 4. The zero-order chi connectivity index (χ0) is 25.0. The average molecular weight is 485 g/mol. The zero-order valence-corrected chi connectivity index (χ0v) is 21.2. The zero-order valence-electron chi connectivity index (χ0n) is 21.2. The molecule has 0 aliphatic carbocycles. The summed E-state index contributed by atoms with van der Waals surface area (Å²) >= 11 is 0. The molecule has 2 aromatic rings. The highest BCUT2D eigenvalue weighted by Crippen LogP contribution is 2.29. The van der Waals surface area contributed by atoms with Crippen molar-refractivity contribution in [2.45, 2.75) is 77.4 Å². The van der Waals surface area contributed by atoms with Gasteiger partial charge in [0.1, 0.15) is 30.3 Å². The molecule has 3 heterocycles. The van der Waals surface area contributed by atoms with Gasteiger partial charge in [-0.1, -0.05) is 19.1 Å². The van der Waals surface area contributed by atoms with Crippen molar-refractivity contribution in [3.8, 4) is 5.75 Å². The van der Waals surface area contributed by atoms with Crippen LogP contribution in [-0.4, -0.2) is 59.7 Å². The second kappa shape index (κ2) is 10.8. The van der Waals surface area contributed by atoms with E-state index in [0.717, 1.165) is 30.8 Å². The van der Waals surface area contributed by atoms with E-state index in [1.807, 2.05) is 58.9 Å². The summed E-state index contributed by atoms with van der Waals surface area (Å²) in [5, 5.41) is 3.34. The lowest BCUT2D eigenvalue weighted by Crippen LogP contribution is -2.46. The first-order valence-electron chi connectivity index (χ1n) is 12.3. The molecule has 35 heavy (non-hydrogen) atoms. The van der Waals surface area contributed by atoms with E-state index in [9.17, 15) is 4.79 Å². The van der Waals surface area contributed by atoms with Crippen LogP contribution in [0.3, 0.4) is 0 Å². The number of benzene rings is 1. The number of cyclic esters (lactones) is 1. The maximum absolute atomic E-state index is 12.7. The van der Waals surface area contributed by atoms with E-state index in [4.69, 9.17) is 18.9 Å². The van der Waals surface area contributed by atoms with Gasteiger partial charge in [0.15, 0.2) is 0 Å². The number of amides is 1. The molecule has 2 aliphatic heterocycles. The van der Waals surface area contributed by atoms with Crippen molar-refractivity contribution in [2.24, 2.45) is 0 Å². The highest BCUT2D eigenvalue weighted by Gasteiger charge is 2.41. The highest BCUT2D eigenvalue weighted by atomic mass is 16.6. The summed E-state index contributed by atoms with van der Waals surface area (Å²) in [5.41, 5.74) is 0.702. The predicted octanol–water partition coefficient (Wildman–Crippen LogP) is 4.74. The normalized spacial score (nSPS) is 22.1. The van der Waals surface area contributed by atoms with E-state index >= 15 is 0 Å². The standard InChI is InChI=1S/C26H36N4O5/c1-6-22(35-26(3,4)5)21-16-33-25(31)30(21)23-10-12-27-24(29-23)28-17(2)18-8-7-9-19(14-18)34-20-11-13-32-15-20/h7-10,12,14,17,20-22H,6,11,13,15-16H2,1-5H3,(H,27,28,29)/t17-,20-,21+,22+/m0/s1. The maximum atomic E-state index is 12.7. The van der Waals surface area contributed by atoms with E-state index < -0.39 is 6.09 Å². The minimum absolute atomic E-state index is 0.0810. The van der Waals surface area contributed by atoms with Crippen LogP contribution >= 0.6 is 0 Å². The van der Waals surface area contributed by atoms with Crippen LogP contribution in [0.4, 0.5) is 16.6 Å². The lowest BCUT2D eigenvalue weighted by molar-refractivity contribution is -0.0718. The second-order valence-electron chi connectivity index (χ2n) is 9.97. The van der Waals surface area contributed by atoms with Gasteiger partial charge >= 0.3 is 6.09 Å². The number of anilines is 2. The Bertz CT molecular complexity index is 1010. The molecule has 2 saturated heterocycles. The van der Waals surface area contributed by atoms with E-state index in [1.165, 1.54) is 0 Å². The van der Waals surface area contributed by atoms with E-state index in [0.29, 0.717) is 18.4 Å². The molecule has 1 N–H and O–H groups in total. The van der Waals surface area contributed by atoms with Crippen LogP contribution < -0.4 is 15.0 Å². The van der Waals surface area contributed by atoms with E-state index in [2.05, 4.69) is 15.3 Å². The van der Waals surface area contributed by atoms with Crippen LogP contribution in [-0.2, 0) is 14.2 Å². The van der Waals surface area contributed by atoms with Gasteiger partial charge in [-0.2, -0.15) is 4.98 Å². The predicted molar refractivity (Wildman–Crippen MR) is 133 cm³/mol. The van der Waals surface area contributed by atoms with Crippen molar-refractivity contribution in [3.05, 3.63) is 42.1 Å². The molecule has 4 rings (SSSR count). The van der Waals surface area contributed by atoms with Crippen molar-refractivity contribution < 1.29 is 23.7 Å². The first kappa shape index (κ1) is 25.2. The highest BCUT2D eigenvalue weighted by molar-refractivity contribution is 5.89. The number of hydrogen-bond donors (Lipinski definition) is 1. The van der Waals surface area contributed by atoms with E-state index in [1.54, 1.807) is 17.2 Å². The number of rotatable bonds is 9. The van der Waals surface area contributed by atoms with Crippen molar-refractivity contribution >= 4 is 17.9 Å². The number of hydrogen-bond acceptors (Lipinski definition) is 8. The molecule has 0 unspecified atom stereocenters. The topological polar surface area (TPSA) is 95.0 Å². The molecule has 1 amide bonds. The molecule has 1 aromatic carbocycles. The Morgan fingerprint density at radius 2 is 2.09 bits per heavy atom. The van der Waals surface area contributed by atoms with Gasteiger partial charge in [0, 0.05) is 12.6 Å². The monoisotopic (exact) mass is 484 g/mol. The molecule has 190 valence electrons. The number of nitrogens with one attached hydrogen (secondary N) is 1. The number of carbonyl (C=O) groups excluding carboxylic acids is 1. The average Bonchev–Trinajstić information content (AvgIpc) is 3.47. The molecule has 0 spiro atoms. The van der Waals surface area contributed by atoms with Gasteiger partial charge < -0.3 is 24.3 Å². The Hall–Kier alpha value is -2.91. The Balaban J connectivity index is 1.48. The fourth-order valence-electron chi connectivity index (χ4n) is 4.35. The van der Waals surface area contributed by atoms with Crippen molar-refractivity contribution in [3.63, 3.8) is 0 Å². The van der Waals surface area contributed by atoms with E-state index in [-0.39, 0.29) is 36.5 Å². The molecule has 9 nitrogen and oxygen atoms in total. The lowest BCUT2D eigenvalue weighted by atomic mass is 10.1. The molecule has 0 bridgehead atoms. The van der Waals surface area contributed by atoms with Gasteiger partial charge in [0.05, 0.1) is 31.0 Å². The first-order chi connectivity index (χ1) is 16.7. The first-order valence-corrected chi connectivity index (χ1v) is 12.3. The van der Waals surface area contributed by atoms with Gasteiger partial charge in [-0.05, 0) is 57.9 Å². The summed E-state index contributed by atoms with van der Waals surface area (Å²) in [7, 11) is 0. The third-order valence-corrected chi connectivity index (χ3v) is 6.02. The second-order valence-corrected chi connectivity index (χ2v) is 9.97. The lowest BCUT2D eigenvalue weighted by Gasteiger charge is -2.33. The quantitative estimate of drug-likeness (QED) is 0.546. The van der Waals surface area contributed by atoms with Crippen LogP contribution in [0.5, 0.6) is 5.75 Å². The molecular formula is C26H36N4O5. The molecule has 2 aliphatic rings. The van der Waals surface area contributed by atoms with Crippen molar-refractivity contribution in [1.82, 2.24) is 9.97 Å². The van der Waals surface area contributed by atoms with Gasteiger partial charge in [-0.25, -0.2) is 9.78 Å². The summed E-state index contributed by atoms with van der Waals surface area (Å²) in [5.74, 6) is 1.72. The number of carbonyl (C=O) groups is 1. The van der Waals surface area contributed by atoms with Crippen LogP contribution in [0.1, 0.15) is 59.1 Å². The van der Waals surface area contributed by atoms with Crippen LogP contribution in [0.2, 0.25) is 0 Å². The van der Waals surface area contributed by atoms with Gasteiger partial charge in [0.25, 0.3) is 0 Å². The molecule has 9 heteroatoms. The number of aromatic nitrogens is 2. The SMILES string of the molecule is CC[C@@H](OC(C)(C)C)[C@H]1COC(=O)N1c1ccnc(N[C@@H](C)c2cccc(O[C@H]3CCOC3)c2)n1. The van der Waals surface area contributed by atoms with Crippen molar-refractivity contribution in [2.75, 3.05) is 30.0 Å². The Labute approximate surface area is 207 Å².